The summed E-state index contributed by atoms with van der Waals surface area (Å²) in [6.45, 7) is 0. The van der Waals surface area contributed by atoms with Crippen LogP contribution in [0.15, 0.2) is 6.20 Å². The maximum atomic E-state index is 5.07. The van der Waals surface area contributed by atoms with Gasteiger partial charge in [-0.3, -0.25) is 5.10 Å². The topological polar surface area (TPSA) is 28.7 Å². The first-order chi connectivity index (χ1) is 4.38. The molecule has 0 aliphatic rings. The molecule has 0 spiro atoms. The number of nitrogens with one attached hydrogen (secondary N) is 1. The van der Waals surface area contributed by atoms with E-state index >= 15 is 0 Å². The zero-order valence-electron chi connectivity index (χ0n) is 4.68. The molecule has 2 nitrogen and oxygen atoms in total. The van der Waals surface area contributed by atoms with Gasteiger partial charge in [0.25, 0.3) is 0 Å². The molecular weight excluding hydrogens is 112 g/mol. The van der Waals surface area contributed by atoms with Crippen LogP contribution in [0.4, 0.5) is 0 Å². The largest absolute Gasteiger partial charge is 0.269 e. The fourth-order valence-electron chi connectivity index (χ4n) is 0.506. The lowest BCUT2D eigenvalue weighted by Gasteiger charge is -1.78. The average molecular weight is 116 g/mol. The second-order valence-corrected chi connectivity index (χ2v) is 1.45. The van der Waals surface area contributed by atoms with Crippen molar-refractivity contribution in [2.75, 3.05) is 0 Å². The maximum absolute atomic E-state index is 5.07. The number of rotatable bonds is 0. The van der Waals surface area contributed by atoms with E-state index in [1.165, 1.54) is 6.20 Å². The Morgan fingerprint density at radius 2 is 2.22 bits per heavy atom. The highest BCUT2D eigenvalue weighted by molar-refractivity contribution is 5.42. The molecule has 1 heterocycles. The van der Waals surface area contributed by atoms with Crippen LogP contribution in [0.25, 0.3) is 0 Å². The van der Waals surface area contributed by atoms with Crippen LogP contribution in [0.2, 0.25) is 0 Å². The van der Waals surface area contributed by atoms with Crippen LogP contribution in [-0.4, -0.2) is 10.2 Å². The Morgan fingerprint density at radius 3 is 2.67 bits per heavy atom. The third-order valence-electron chi connectivity index (χ3n) is 0.939. The van der Waals surface area contributed by atoms with Crippen molar-refractivity contribution in [2.24, 2.45) is 0 Å². The van der Waals surface area contributed by atoms with Gasteiger partial charge in [-0.1, -0.05) is 5.92 Å². The van der Waals surface area contributed by atoms with Gasteiger partial charge in [0.15, 0.2) is 0 Å². The van der Waals surface area contributed by atoms with Gasteiger partial charge in [0.2, 0.25) is 0 Å². The molecule has 1 N–H and O–H groups in total. The number of hydrogen-bond acceptors (Lipinski definition) is 1. The third kappa shape index (κ3) is 0.781. The predicted molar refractivity (Wildman–Crippen MR) is 34.5 cm³/mol. The Kier molecular flexibility index (Phi) is 1.25. The van der Waals surface area contributed by atoms with Crippen molar-refractivity contribution < 1.29 is 0 Å². The third-order valence-corrected chi connectivity index (χ3v) is 0.939. The number of nitrogens with zero attached hydrogens (tertiary/aromatic N) is 1. The summed E-state index contributed by atoms with van der Waals surface area (Å²) in [7, 11) is 0. The van der Waals surface area contributed by atoms with Crippen LogP contribution in [0.3, 0.4) is 0 Å². The maximum Gasteiger partial charge on any atom is 0.123 e. The second kappa shape index (κ2) is 2.07. The summed E-state index contributed by atoms with van der Waals surface area (Å²) in [6, 6.07) is 0. The quantitative estimate of drug-likeness (QED) is 0.487. The molecule has 1 rings (SSSR count). The van der Waals surface area contributed by atoms with Gasteiger partial charge >= 0.3 is 0 Å². The summed E-state index contributed by atoms with van der Waals surface area (Å²) in [5, 5.41) is 6.23. The molecule has 0 aromatic carbocycles. The summed E-state index contributed by atoms with van der Waals surface area (Å²) >= 11 is 0. The predicted octanol–water partition coefficient (Wildman–Crippen LogP) is 0.372. The minimum absolute atomic E-state index is 0.567. The Balaban J connectivity index is 3.22. The minimum Gasteiger partial charge on any atom is -0.269 e. The SMILES string of the molecule is C#Cc1cn[nH]c1C#C. The van der Waals surface area contributed by atoms with Gasteiger partial charge in [0, 0.05) is 0 Å². The van der Waals surface area contributed by atoms with Crippen molar-refractivity contribution in [3.63, 3.8) is 0 Å². The number of aromatic amines is 1. The van der Waals surface area contributed by atoms with E-state index in [4.69, 9.17) is 12.8 Å². The zero-order valence-corrected chi connectivity index (χ0v) is 4.68. The van der Waals surface area contributed by atoms with E-state index in [2.05, 4.69) is 22.0 Å². The van der Waals surface area contributed by atoms with E-state index < -0.39 is 0 Å². The summed E-state index contributed by atoms with van der Waals surface area (Å²) in [6.07, 6.45) is 11.6. The molecule has 0 unspecified atom stereocenters. The molecule has 0 radical (unpaired) electrons. The average Bonchev–Trinajstić information content (AvgIpc) is 2.33. The molecule has 0 amide bonds. The van der Waals surface area contributed by atoms with Gasteiger partial charge in [-0.15, -0.1) is 12.8 Å². The lowest BCUT2D eigenvalue weighted by atomic mass is 10.3. The standard InChI is InChI=1S/C7H4N2/c1-3-6-5-8-9-7(6)4-2/h1-2,5H,(H,8,9). The van der Waals surface area contributed by atoms with E-state index in [1.54, 1.807) is 0 Å². The Bertz CT molecular complexity index is 254. The molecule has 0 saturated heterocycles. The first kappa shape index (κ1) is 5.47. The smallest absolute Gasteiger partial charge is 0.123 e. The molecule has 0 aliphatic heterocycles. The summed E-state index contributed by atoms with van der Waals surface area (Å²) in [5.74, 6) is 4.76. The zero-order chi connectivity index (χ0) is 6.69. The Hall–Kier alpha value is -1.67. The molecule has 1 aromatic rings. The molecular formula is C7H4N2. The van der Waals surface area contributed by atoms with Crippen molar-refractivity contribution in [1.82, 2.24) is 10.2 Å². The molecule has 42 valence electrons. The Labute approximate surface area is 53.3 Å². The number of hydrogen-bond donors (Lipinski definition) is 1. The molecule has 9 heavy (non-hydrogen) atoms. The minimum atomic E-state index is 0.567. The van der Waals surface area contributed by atoms with Gasteiger partial charge in [-0.2, -0.15) is 5.10 Å². The molecule has 0 saturated carbocycles. The summed E-state index contributed by atoms with van der Waals surface area (Å²) in [4.78, 5) is 0. The van der Waals surface area contributed by atoms with Gasteiger partial charge in [0.1, 0.15) is 5.69 Å². The van der Waals surface area contributed by atoms with Crippen LogP contribution in [-0.2, 0) is 0 Å². The first-order valence-corrected chi connectivity index (χ1v) is 2.35. The number of terminal acetylenes is 2. The Morgan fingerprint density at radius 1 is 1.44 bits per heavy atom. The molecule has 2 heteroatoms. The molecule has 0 bridgehead atoms. The lowest BCUT2D eigenvalue weighted by Crippen LogP contribution is -1.75. The van der Waals surface area contributed by atoms with Crippen LogP contribution in [0, 0.1) is 24.7 Å². The fourth-order valence-corrected chi connectivity index (χ4v) is 0.506. The molecule has 0 fully saturated rings. The number of aromatic nitrogens is 2. The first-order valence-electron chi connectivity index (χ1n) is 2.35. The van der Waals surface area contributed by atoms with E-state index in [-0.39, 0.29) is 0 Å². The second-order valence-electron chi connectivity index (χ2n) is 1.45. The molecule has 0 aliphatic carbocycles. The highest BCUT2D eigenvalue weighted by Gasteiger charge is 1.94. The van der Waals surface area contributed by atoms with Crippen molar-refractivity contribution in [3.8, 4) is 24.7 Å². The summed E-state index contributed by atoms with van der Waals surface area (Å²) in [5.41, 5.74) is 1.20. The fraction of sp³-hybridized carbons (Fsp3) is 0. The van der Waals surface area contributed by atoms with Crippen molar-refractivity contribution in [3.05, 3.63) is 17.5 Å². The van der Waals surface area contributed by atoms with Crippen molar-refractivity contribution in [2.45, 2.75) is 0 Å². The van der Waals surface area contributed by atoms with Crippen molar-refractivity contribution in [1.29, 1.82) is 0 Å². The number of H-pyrrole nitrogens is 1. The highest BCUT2D eigenvalue weighted by Crippen LogP contribution is 1.97. The molecule has 0 atom stereocenters. The van der Waals surface area contributed by atoms with E-state index in [9.17, 15) is 0 Å². The normalized spacial score (nSPS) is 7.78. The van der Waals surface area contributed by atoms with Gasteiger partial charge in [-0.25, -0.2) is 0 Å². The van der Waals surface area contributed by atoms with Crippen molar-refractivity contribution >= 4 is 0 Å². The van der Waals surface area contributed by atoms with Crippen LogP contribution < -0.4 is 0 Å². The van der Waals surface area contributed by atoms with Crippen LogP contribution in [0.1, 0.15) is 11.3 Å². The lowest BCUT2D eigenvalue weighted by molar-refractivity contribution is 1.08. The van der Waals surface area contributed by atoms with Gasteiger partial charge < -0.3 is 0 Å². The monoisotopic (exact) mass is 116 g/mol. The van der Waals surface area contributed by atoms with Crippen LogP contribution in [0.5, 0.6) is 0 Å². The summed E-state index contributed by atoms with van der Waals surface area (Å²) < 4.78 is 0. The van der Waals surface area contributed by atoms with Crippen LogP contribution >= 0.6 is 0 Å². The molecule has 1 aromatic heterocycles. The van der Waals surface area contributed by atoms with Gasteiger partial charge in [-0.05, 0) is 5.92 Å². The highest BCUT2D eigenvalue weighted by atomic mass is 15.1. The van der Waals surface area contributed by atoms with E-state index in [1.807, 2.05) is 0 Å². The van der Waals surface area contributed by atoms with E-state index in [0.717, 1.165) is 0 Å². The van der Waals surface area contributed by atoms with Gasteiger partial charge in [0.05, 0.1) is 11.8 Å². The van der Waals surface area contributed by atoms with E-state index in [0.29, 0.717) is 11.3 Å².